The van der Waals surface area contributed by atoms with Gasteiger partial charge in [-0.1, -0.05) is 12.1 Å². The Morgan fingerprint density at radius 2 is 2.00 bits per heavy atom. The zero-order valence-corrected chi connectivity index (χ0v) is 15.2. The van der Waals surface area contributed by atoms with Gasteiger partial charge in [0.05, 0.1) is 17.4 Å². The molecule has 3 aromatic rings. The number of carbonyl (C=O) groups excluding carboxylic acids is 1. The summed E-state index contributed by atoms with van der Waals surface area (Å²) in [7, 11) is 3.87. The van der Waals surface area contributed by atoms with Crippen molar-refractivity contribution in [2.75, 3.05) is 37.4 Å². The van der Waals surface area contributed by atoms with E-state index in [0.29, 0.717) is 18.9 Å². The Morgan fingerprint density at radius 1 is 1.19 bits per heavy atom. The summed E-state index contributed by atoms with van der Waals surface area (Å²) in [5, 5.41) is 6.12. The summed E-state index contributed by atoms with van der Waals surface area (Å²) in [5.74, 6) is 2.24. The number of amides is 1. The maximum atomic E-state index is 12.1. The van der Waals surface area contributed by atoms with E-state index in [4.69, 9.17) is 0 Å². The molecule has 0 atom stereocenters. The van der Waals surface area contributed by atoms with Gasteiger partial charge in [0.25, 0.3) is 0 Å². The molecular weight excluding hydrogens is 330 g/mol. The van der Waals surface area contributed by atoms with Crippen LogP contribution in [-0.4, -0.2) is 52.6 Å². The van der Waals surface area contributed by atoms with Crippen LogP contribution < -0.4 is 15.5 Å². The van der Waals surface area contributed by atoms with Gasteiger partial charge in [-0.15, -0.1) is 0 Å². The summed E-state index contributed by atoms with van der Waals surface area (Å²) in [5.41, 5.74) is 1.84. The van der Waals surface area contributed by atoms with Gasteiger partial charge in [-0.2, -0.15) is 0 Å². The molecule has 3 rings (SSSR count). The van der Waals surface area contributed by atoms with Gasteiger partial charge in [0, 0.05) is 33.3 Å². The van der Waals surface area contributed by atoms with E-state index in [2.05, 4.69) is 25.6 Å². The fraction of sp³-hybridized carbons (Fsp3) is 0.333. The van der Waals surface area contributed by atoms with Crippen molar-refractivity contribution in [1.82, 2.24) is 24.8 Å². The SMILES string of the molecule is Cc1nc(NCCNC(=O)Cn2cnc3ccccc32)cc(N(C)C)n1. The van der Waals surface area contributed by atoms with Crippen LogP contribution >= 0.6 is 0 Å². The summed E-state index contributed by atoms with van der Waals surface area (Å²) in [4.78, 5) is 27.1. The molecular formula is C18H23N7O. The Balaban J connectivity index is 1.48. The molecule has 2 N–H and O–H groups in total. The number of hydrogen-bond acceptors (Lipinski definition) is 6. The molecule has 26 heavy (non-hydrogen) atoms. The number of imidazole rings is 1. The molecule has 0 spiro atoms. The molecule has 2 aromatic heterocycles. The number of para-hydroxylation sites is 2. The second-order valence-corrected chi connectivity index (χ2v) is 6.19. The molecule has 0 unspecified atom stereocenters. The first kappa shape index (κ1) is 17.7. The van der Waals surface area contributed by atoms with Crippen molar-refractivity contribution in [3.05, 3.63) is 42.5 Å². The van der Waals surface area contributed by atoms with Crippen molar-refractivity contribution in [2.45, 2.75) is 13.5 Å². The van der Waals surface area contributed by atoms with Crippen LogP contribution in [-0.2, 0) is 11.3 Å². The predicted molar refractivity (Wildman–Crippen MR) is 102 cm³/mol. The summed E-state index contributed by atoms with van der Waals surface area (Å²) < 4.78 is 1.84. The number of rotatable bonds is 7. The predicted octanol–water partition coefficient (Wildman–Crippen LogP) is 1.43. The highest BCUT2D eigenvalue weighted by Crippen LogP contribution is 2.13. The first-order valence-electron chi connectivity index (χ1n) is 8.46. The largest absolute Gasteiger partial charge is 0.368 e. The van der Waals surface area contributed by atoms with Crippen LogP contribution in [0.2, 0.25) is 0 Å². The third kappa shape index (κ3) is 4.27. The fourth-order valence-corrected chi connectivity index (χ4v) is 2.61. The van der Waals surface area contributed by atoms with Crippen LogP contribution in [0, 0.1) is 6.92 Å². The van der Waals surface area contributed by atoms with E-state index in [0.717, 1.165) is 22.7 Å². The number of aromatic nitrogens is 4. The van der Waals surface area contributed by atoms with Crippen molar-refractivity contribution >= 4 is 28.6 Å². The van der Waals surface area contributed by atoms with E-state index in [1.807, 2.05) is 60.8 Å². The highest BCUT2D eigenvalue weighted by atomic mass is 16.1. The van der Waals surface area contributed by atoms with Crippen LogP contribution in [0.15, 0.2) is 36.7 Å². The molecule has 2 heterocycles. The lowest BCUT2D eigenvalue weighted by Gasteiger charge is -2.14. The zero-order chi connectivity index (χ0) is 18.5. The minimum absolute atomic E-state index is 0.0530. The quantitative estimate of drug-likeness (QED) is 0.625. The number of carbonyl (C=O) groups is 1. The number of fused-ring (bicyclic) bond motifs is 1. The molecule has 136 valence electrons. The minimum atomic E-state index is -0.0530. The Morgan fingerprint density at radius 3 is 2.81 bits per heavy atom. The van der Waals surface area contributed by atoms with Crippen LogP contribution in [0.1, 0.15) is 5.82 Å². The molecule has 1 aromatic carbocycles. The monoisotopic (exact) mass is 353 g/mol. The first-order chi connectivity index (χ1) is 12.5. The summed E-state index contributed by atoms with van der Waals surface area (Å²) in [6, 6.07) is 9.64. The lowest BCUT2D eigenvalue weighted by Crippen LogP contribution is -2.31. The van der Waals surface area contributed by atoms with E-state index in [1.54, 1.807) is 6.33 Å². The maximum absolute atomic E-state index is 12.1. The van der Waals surface area contributed by atoms with E-state index in [9.17, 15) is 4.79 Å². The number of nitrogens with one attached hydrogen (secondary N) is 2. The van der Waals surface area contributed by atoms with Crippen molar-refractivity contribution in [3.8, 4) is 0 Å². The van der Waals surface area contributed by atoms with Gasteiger partial charge in [-0.3, -0.25) is 4.79 Å². The number of anilines is 2. The molecule has 0 aliphatic carbocycles. The number of hydrogen-bond donors (Lipinski definition) is 2. The number of nitrogens with zero attached hydrogens (tertiary/aromatic N) is 5. The molecule has 0 aliphatic heterocycles. The molecule has 8 nitrogen and oxygen atoms in total. The van der Waals surface area contributed by atoms with Gasteiger partial charge in [0.2, 0.25) is 5.91 Å². The van der Waals surface area contributed by atoms with Crippen molar-refractivity contribution < 1.29 is 4.79 Å². The molecule has 1 amide bonds. The molecule has 0 fully saturated rings. The van der Waals surface area contributed by atoms with Gasteiger partial charge in [0.1, 0.15) is 24.0 Å². The second-order valence-electron chi connectivity index (χ2n) is 6.19. The van der Waals surface area contributed by atoms with Gasteiger partial charge in [-0.25, -0.2) is 15.0 Å². The van der Waals surface area contributed by atoms with Gasteiger partial charge < -0.3 is 20.1 Å². The fourth-order valence-electron chi connectivity index (χ4n) is 2.61. The first-order valence-corrected chi connectivity index (χ1v) is 8.46. The third-order valence-electron chi connectivity index (χ3n) is 3.88. The number of benzene rings is 1. The highest BCUT2D eigenvalue weighted by molar-refractivity contribution is 5.80. The van der Waals surface area contributed by atoms with E-state index >= 15 is 0 Å². The van der Waals surface area contributed by atoms with Crippen molar-refractivity contribution in [2.24, 2.45) is 0 Å². The number of aryl methyl sites for hydroxylation is 1. The molecule has 0 aliphatic rings. The lowest BCUT2D eigenvalue weighted by atomic mass is 10.3. The van der Waals surface area contributed by atoms with Gasteiger partial charge in [-0.05, 0) is 19.1 Å². The van der Waals surface area contributed by atoms with Gasteiger partial charge in [0.15, 0.2) is 0 Å². The van der Waals surface area contributed by atoms with Crippen LogP contribution in [0.4, 0.5) is 11.6 Å². The third-order valence-corrected chi connectivity index (χ3v) is 3.88. The molecule has 0 bridgehead atoms. The minimum Gasteiger partial charge on any atom is -0.368 e. The summed E-state index contributed by atoms with van der Waals surface area (Å²) >= 11 is 0. The topological polar surface area (TPSA) is 88.0 Å². The molecule has 0 radical (unpaired) electrons. The Labute approximate surface area is 152 Å². The average molecular weight is 353 g/mol. The normalized spacial score (nSPS) is 10.7. The summed E-state index contributed by atoms with van der Waals surface area (Å²) in [6.45, 7) is 3.19. The van der Waals surface area contributed by atoms with Crippen LogP contribution in [0.3, 0.4) is 0 Å². The molecule has 0 saturated carbocycles. The average Bonchev–Trinajstić information content (AvgIpc) is 3.01. The smallest absolute Gasteiger partial charge is 0.240 e. The van der Waals surface area contributed by atoms with Crippen LogP contribution in [0.25, 0.3) is 11.0 Å². The molecule has 0 saturated heterocycles. The standard InChI is InChI=1S/C18H23N7O/c1-13-22-16(10-17(23-13)24(2)3)19-8-9-20-18(26)11-25-12-21-14-6-4-5-7-15(14)25/h4-7,10,12H,8-9,11H2,1-3H3,(H,20,26)(H,19,22,23). The van der Waals surface area contributed by atoms with E-state index in [-0.39, 0.29) is 12.5 Å². The highest BCUT2D eigenvalue weighted by Gasteiger charge is 2.07. The van der Waals surface area contributed by atoms with Crippen molar-refractivity contribution in [3.63, 3.8) is 0 Å². The second kappa shape index (κ2) is 7.81. The van der Waals surface area contributed by atoms with Gasteiger partial charge >= 0.3 is 0 Å². The van der Waals surface area contributed by atoms with E-state index in [1.165, 1.54) is 0 Å². The Bertz CT molecular complexity index is 903. The zero-order valence-electron chi connectivity index (χ0n) is 15.2. The lowest BCUT2D eigenvalue weighted by molar-refractivity contribution is -0.121. The van der Waals surface area contributed by atoms with Crippen molar-refractivity contribution in [1.29, 1.82) is 0 Å². The van der Waals surface area contributed by atoms with E-state index < -0.39 is 0 Å². The maximum Gasteiger partial charge on any atom is 0.240 e. The van der Waals surface area contributed by atoms with Crippen LogP contribution in [0.5, 0.6) is 0 Å². The Kier molecular flexibility index (Phi) is 5.31. The molecule has 8 heteroatoms. The Hall–Kier alpha value is -3.16. The summed E-state index contributed by atoms with van der Waals surface area (Å²) in [6.07, 6.45) is 1.69.